The average molecular weight is 408 g/mol. The van der Waals surface area contributed by atoms with E-state index in [1.807, 2.05) is 43.3 Å². The molecule has 0 spiro atoms. The maximum absolute atomic E-state index is 12.8. The molecule has 2 amide bonds. The Bertz CT molecular complexity index is 1040. The van der Waals surface area contributed by atoms with Crippen LogP contribution in [0.15, 0.2) is 41.8 Å². The van der Waals surface area contributed by atoms with Crippen LogP contribution in [0.4, 0.5) is 5.69 Å². The molecule has 6 heteroatoms. The molecule has 2 N–H and O–H groups in total. The van der Waals surface area contributed by atoms with Crippen molar-refractivity contribution >= 4 is 39.6 Å². The molecular formula is C23H25N3O2S. The van der Waals surface area contributed by atoms with E-state index in [2.05, 4.69) is 21.0 Å². The Kier molecular flexibility index (Phi) is 5.90. The summed E-state index contributed by atoms with van der Waals surface area (Å²) in [6.45, 7) is 2.61. The van der Waals surface area contributed by atoms with Crippen molar-refractivity contribution in [2.45, 2.75) is 39.0 Å². The van der Waals surface area contributed by atoms with Crippen molar-refractivity contribution in [3.63, 3.8) is 0 Å². The molecular weight excluding hydrogens is 382 g/mol. The highest BCUT2D eigenvalue weighted by molar-refractivity contribution is 7.09. The SMILES string of the molecule is Cc1csc(CCCCNC(=O)c2cc3ccccc3cc2NC(=O)C2CC2)n1. The van der Waals surface area contributed by atoms with Crippen LogP contribution in [0.25, 0.3) is 10.8 Å². The summed E-state index contributed by atoms with van der Waals surface area (Å²) < 4.78 is 0. The van der Waals surface area contributed by atoms with Crippen LogP contribution in [-0.2, 0) is 11.2 Å². The van der Waals surface area contributed by atoms with Crippen LogP contribution in [-0.4, -0.2) is 23.3 Å². The van der Waals surface area contributed by atoms with Crippen molar-refractivity contribution in [2.24, 2.45) is 5.92 Å². The van der Waals surface area contributed by atoms with Crippen molar-refractivity contribution in [3.05, 3.63) is 58.0 Å². The van der Waals surface area contributed by atoms with Gasteiger partial charge in [-0.25, -0.2) is 4.98 Å². The molecule has 3 aromatic rings. The Morgan fingerprint density at radius 2 is 1.90 bits per heavy atom. The van der Waals surface area contributed by atoms with E-state index in [0.717, 1.165) is 53.6 Å². The second-order valence-corrected chi connectivity index (χ2v) is 8.55. The first-order chi connectivity index (χ1) is 14.1. The summed E-state index contributed by atoms with van der Waals surface area (Å²) >= 11 is 1.69. The zero-order chi connectivity index (χ0) is 20.2. The number of unbranched alkanes of at least 4 members (excludes halogenated alkanes) is 1. The monoisotopic (exact) mass is 407 g/mol. The number of hydrogen-bond acceptors (Lipinski definition) is 4. The first-order valence-electron chi connectivity index (χ1n) is 10.1. The Balaban J connectivity index is 1.40. The topological polar surface area (TPSA) is 71.1 Å². The number of amides is 2. The van der Waals surface area contributed by atoms with Crippen molar-refractivity contribution < 1.29 is 9.59 Å². The summed E-state index contributed by atoms with van der Waals surface area (Å²) in [6, 6.07) is 11.6. The molecule has 1 saturated carbocycles. The molecule has 2 aromatic carbocycles. The van der Waals surface area contributed by atoms with Crippen LogP contribution < -0.4 is 10.6 Å². The number of carbonyl (C=O) groups excluding carboxylic acids is 2. The van der Waals surface area contributed by atoms with Gasteiger partial charge in [0.25, 0.3) is 5.91 Å². The first kappa shape index (κ1) is 19.6. The number of benzene rings is 2. The second-order valence-electron chi connectivity index (χ2n) is 7.60. The average Bonchev–Trinajstić information content (AvgIpc) is 3.49. The number of anilines is 1. The van der Waals surface area contributed by atoms with Crippen LogP contribution in [0.2, 0.25) is 0 Å². The third kappa shape index (κ3) is 5.01. The number of hydrogen-bond donors (Lipinski definition) is 2. The van der Waals surface area contributed by atoms with Gasteiger partial charge >= 0.3 is 0 Å². The highest BCUT2D eigenvalue weighted by atomic mass is 32.1. The lowest BCUT2D eigenvalue weighted by molar-refractivity contribution is -0.117. The Morgan fingerprint density at radius 1 is 1.14 bits per heavy atom. The van der Waals surface area contributed by atoms with Crippen LogP contribution in [0.1, 0.15) is 46.7 Å². The summed E-state index contributed by atoms with van der Waals surface area (Å²) in [5.41, 5.74) is 2.18. The van der Waals surface area contributed by atoms with Crippen LogP contribution in [0.3, 0.4) is 0 Å². The Morgan fingerprint density at radius 3 is 2.59 bits per heavy atom. The molecule has 0 atom stereocenters. The smallest absolute Gasteiger partial charge is 0.253 e. The summed E-state index contributed by atoms with van der Waals surface area (Å²) in [4.78, 5) is 29.6. The third-order valence-electron chi connectivity index (χ3n) is 5.11. The van der Waals surface area contributed by atoms with Gasteiger partial charge in [-0.1, -0.05) is 24.3 Å². The fourth-order valence-electron chi connectivity index (χ4n) is 3.33. The highest BCUT2D eigenvalue weighted by Crippen LogP contribution is 2.32. The first-order valence-corrected chi connectivity index (χ1v) is 11.0. The van der Waals surface area contributed by atoms with E-state index in [4.69, 9.17) is 0 Å². The Labute approximate surface area is 174 Å². The molecule has 1 fully saturated rings. The molecule has 1 aliphatic carbocycles. The van der Waals surface area contributed by atoms with Gasteiger partial charge < -0.3 is 10.6 Å². The van der Waals surface area contributed by atoms with Crippen LogP contribution in [0, 0.1) is 12.8 Å². The van der Waals surface area contributed by atoms with Gasteiger partial charge in [0.05, 0.1) is 16.3 Å². The zero-order valence-electron chi connectivity index (χ0n) is 16.5. The van der Waals surface area contributed by atoms with E-state index in [9.17, 15) is 9.59 Å². The van der Waals surface area contributed by atoms with Gasteiger partial charge in [0.15, 0.2) is 0 Å². The summed E-state index contributed by atoms with van der Waals surface area (Å²) in [5.74, 6) is -0.0492. The lowest BCUT2D eigenvalue weighted by Crippen LogP contribution is -2.26. The fourth-order valence-corrected chi connectivity index (χ4v) is 4.15. The highest BCUT2D eigenvalue weighted by Gasteiger charge is 2.30. The van der Waals surface area contributed by atoms with Gasteiger partial charge in [0.2, 0.25) is 5.91 Å². The summed E-state index contributed by atoms with van der Waals surface area (Å²) in [7, 11) is 0. The maximum atomic E-state index is 12.8. The van der Waals surface area contributed by atoms with Gasteiger partial charge in [-0.15, -0.1) is 11.3 Å². The normalized spacial score (nSPS) is 13.4. The fraction of sp³-hybridized carbons (Fsp3) is 0.348. The predicted octanol–water partition coefficient (Wildman–Crippen LogP) is 4.71. The quantitative estimate of drug-likeness (QED) is 0.532. The van der Waals surface area contributed by atoms with E-state index in [-0.39, 0.29) is 17.7 Å². The van der Waals surface area contributed by atoms with E-state index in [1.165, 1.54) is 0 Å². The van der Waals surface area contributed by atoms with Crippen molar-refractivity contribution in [1.29, 1.82) is 0 Å². The number of rotatable bonds is 8. The van der Waals surface area contributed by atoms with Gasteiger partial charge in [-0.3, -0.25) is 9.59 Å². The molecule has 0 aliphatic heterocycles. The largest absolute Gasteiger partial charge is 0.352 e. The van der Waals surface area contributed by atoms with Crippen molar-refractivity contribution in [3.8, 4) is 0 Å². The zero-order valence-corrected chi connectivity index (χ0v) is 17.3. The lowest BCUT2D eigenvalue weighted by atomic mass is 10.0. The molecule has 0 unspecified atom stereocenters. The minimum Gasteiger partial charge on any atom is -0.352 e. The number of nitrogens with one attached hydrogen (secondary N) is 2. The van der Waals surface area contributed by atoms with Crippen molar-refractivity contribution in [1.82, 2.24) is 10.3 Å². The maximum Gasteiger partial charge on any atom is 0.253 e. The van der Waals surface area contributed by atoms with E-state index >= 15 is 0 Å². The van der Waals surface area contributed by atoms with Crippen LogP contribution >= 0.6 is 11.3 Å². The van der Waals surface area contributed by atoms with Gasteiger partial charge in [-0.2, -0.15) is 0 Å². The predicted molar refractivity (Wildman–Crippen MR) is 117 cm³/mol. The molecule has 29 heavy (non-hydrogen) atoms. The molecule has 1 heterocycles. The molecule has 5 nitrogen and oxygen atoms in total. The molecule has 1 aliphatic rings. The van der Waals surface area contributed by atoms with Gasteiger partial charge in [-0.05, 0) is 61.9 Å². The number of aromatic nitrogens is 1. The molecule has 0 bridgehead atoms. The number of thiazole rings is 1. The van der Waals surface area contributed by atoms with E-state index in [0.29, 0.717) is 17.8 Å². The third-order valence-corrected chi connectivity index (χ3v) is 6.13. The minimum absolute atomic E-state index is 0.00747. The minimum atomic E-state index is -0.146. The molecule has 0 saturated heterocycles. The Hall–Kier alpha value is -2.73. The molecule has 150 valence electrons. The summed E-state index contributed by atoms with van der Waals surface area (Å²) in [6.07, 6.45) is 4.67. The summed E-state index contributed by atoms with van der Waals surface area (Å²) in [5, 5.41) is 11.2. The number of nitrogens with zero attached hydrogens (tertiary/aromatic N) is 1. The number of aryl methyl sites for hydroxylation is 2. The molecule has 4 rings (SSSR count). The van der Waals surface area contributed by atoms with Crippen molar-refractivity contribution in [2.75, 3.05) is 11.9 Å². The van der Waals surface area contributed by atoms with Gasteiger partial charge in [0.1, 0.15) is 0 Å². The second kappa shape index (κ2) is 8.74. The molecule has 0 radical (unpaired) electrons. The molecule has 1 aromatic heterocycles. The number of carbonyl (C=O) groups is 2. The van der Waals surface area contributed by atoms with E-state index in [1.54, 1.807) is 11.3 Å². The van der Waals surface area contributed by atoms with Crippen LogP contribution in [0.5, 0.6) is 0 Å². The lowest BCUT2D eigenvalue weighted by Gasteiger charge is -2.13. The van der Waals surface area contributed by atoms with E-state index < -0.39 is 0 Å². The standard InChI is InChI=1S/C23H25N3O2S/c1-15-14-29-21(25-15)8-4-5-11-24-23(28)19-12-17-6-2-3-7-18(17)13-20(19)26-22(27)16-9-10-16/h2-3,6-7,12-14,16H,4-5,8-11H2,1H3,(H,24,28)(H,26,27). The number of fused-ring (bicyclic) bond motifs is 1. The van der Waals surface area contributed by atoms with Gasteiger partial charge in [0, 0.05) is 23.5 Å².